The third kappa shape index (κ3) is 4.32. The van der Waals surface area contributed by atoms with Gasteiger partial charge in [0.05, 0.1) is 11.7 Å². The Kier molecular flexibility index (Phi) is 5.86. The molecule has 2 atom stereocenters. The van der Waals surface area contributed by atoms with Crippen molar-refractivity contribution in [2.45, 2.75) is 90.1 Å². The van der Waals surface area contributed by atoms with Crippen molar-refractivity contribution in [2.24, 2.45) is 11.7 Å². The minimum Gasteiger partial charge on any atom is -0.325 e. The van der Waals surface area contributed by atoms with Crippen LogP contribution in [-0.2, 0) is 6.42 Å². The monoisotopic (exact) mass is 291 g/mol. The summed E-state index contributed by atoms with van der Waals surface area (Å²) in [6.07, 6.45) is 12.9. The van der Waals surface area contributed by atoms with E-state index >= 15 is 0 Å². The van der Waals surface area contributed by atoms with Gasteiger partial charge in [0.15, 0.2) is 0 Å². The third-order valence-corrected chi connectivity index (χ3v) is 5.43. The fraction of sp³-hybridized carbons (Fsp3) is 0.833. The Hall–Kier alpha value is -0.830. The zero-order chi connectivity index (χ0) is 15.3. The Bertz CT molecular complexity index is 422. The van der Waals surface area contributed by atoms with Gasteiger partial charge in [-0.15, -0.1) is 0 Å². The van der Waals surface area contributed by atoms with E-state index in [1.165, 1.54) is 31.4 Å². The topological polar surface area (TPSA) is 43.8 Å². The van der Waals surface area contributed by atoms with Crippen LogP contribution in [0.3, 0.4) is 0 Å². The van der Waals surface area contributed by atoms with Gasteiger partial charge >= 0.3 is 0 Å². The SMILES string of the molecule is CCC1CCCC(N)(Cc2ccn(C(CC)CC)n2)CC1. The number of hydrogen-bond donors (Lipinski definition) is 1. The van der Waals surface area contributed by atoms with E-state index in [-0.39, 0.29) is 5.54 Å². The average molecular weight is 291 g/mol. The van der Waals surface area contributed by atoms with Crippen LogP contribution in [0.5, 0.6) is 0 Å². The van der Waals surface area contributed by atoms with Crippen LogP contribution in [0.2, 0.25) is 0 Å². The molecule has 120 valence electrons. The molecule has 3 nitrogen and oxygen atoms in total. The standard InChI is InChI=1S/C18H33N3/c1-4-15-8-7-11-18(19,12-9-15)14-16-10-13-21(20-16)17(5-2)6-3/h10,13,15,17H,4-9,11-12,14,19H2,1-3H3. The highest BCUT2D eigenvalue weighted by atomic mass is 15.3. The first-order valence-corrected chi connectivity index (χ1v) is 8.93. The summed E-state index contributed by atoms with van der Waals surface area (Å²) in [4.78, 5) is 0. The van der Waals surface area contributed by atoms with Gasteiger partial charge in [-0.2, -0.15) is 5.10 Å². The molecule has 1 aromatic heterocycles. The average Bonchev–Trinajstić information content (AvgIpc) is 2.83. The predicted octanol–water partition coefficient (Wildman–Crippen LogP) is 4.47. The van der Waals surface area contributed by atoms with Crippen LogP contribution in [0.1, 0.15) is 83.9 Å². The fourth-order valence-electron chi connectivity index (χ4n) is 3.79. The molecule has 0 bridgehead atoms. The molecule has 0 radical (unpaired) electrons. The maximum atomic E-state index is 6.71. The maximum absolute atomic E-state index is 6.71. The van der Waals surface area contributed by atoms with Gasteiger partial charge in [-0.25, -0.2) is 0 Å². The Morgan fingerprint density at radius 3 is 2.71 bits per heavy atom. The van der Waals surface area contributed by atoms with Crippen molar-refractivity contribution in [2.75, 3.05) is 0 Å². The van der Waals surface area contributed by atoms with E-state index in [4.69, 9.17) is 10.8 Å². The third-order valence-electron chi connectivity index (χ3n) is 5.43. The van der Waals surface area contributed by atoms with Crippen molar-refractivity contribution in [1.82, 2.24) is 9.78 Å². The Morgan fingerprint density at radius 2 is 2.05 bits per heavy atom. The molecule has 2 unspecified atom stereocenters. The van der Waals surface area contributed by atoms with Gasteiger partial charge in [0.25, 0.3) is 0 Å². The van der Waals surface area contributed by atoms with Crippen LogP contribution in [0.15, 0.2) is 12.3 Å². The van der Waals surface area contributed by atoms with Crippen LogP contribution in [-0.4, -0.2) is 15.3 Å². The fourth-order valence-corrected chi connectivity index (χ4v) is 3.79. The molecule has 1 aromatic rings. The highest BCUT2D eigenvalue weighted by Gasteiger charge is 2.30. The summed E-state index contributed by atoms with van der Waals surface area (Å²) in [5.41, 5.74) is 7.86. The van der Waals surface area contributed by atoms with Crippen molar-refractivity contribution in [3.8, 4) is 0 Å². The minimum absolute atomic E-state index is 0.0307. The van der Waals surface area contributed by atoms with Crippen molar-refractivity contribution >= 4 is 0 Å². The zero-order valence-electron chi connectivity index (χ0n) is 14.1. The normalized spacial score (nSPS) is 27.0. The van der Waals surface area contributed by atoms with Crippen LogP contribution in [0.4, 0.5) is 0 Å². The first-order chi connectivity index (χ1) is 10.1. The first kappa shape index (κ1) is 16.5. The van der Waals surface area contributed by atoms with Crippen LogP contribution in [0.25, 0.3) is 0 Å². The zero-order valence-corrected chi connectivity index (χ0v) is 14.1. The van der Waals surface area contributed by atoms with Crippen molar-refractivity contribution < 1.29 is 0 Å². The number of rotatable bonds is 6. The Balaban J connectivity index is 2.00. The molecular formula is C18H33N3. The molecule has 1 heterocycles. The Morgan fingerprint density at radius 1 is 1.29 bits per heavy atom. The van der Waals surface area contributed by atoms with Gasteiger partial charge in [0.1, 0.15) is 0 Å². The second-order valence-corrected chi connectivity index (χ2v) is 7.00. The van der Waals surface area contributed by atoms with Gasteiger partial charge in [0, 0.05) is 18.2 Å². The summed E-state index contributed by atoms with van der Waals surface area (Å²) >= 11 is 0. The molecule has 1 fully saturated rings. The molecule has 2 rings (SSSR count). The summed E-state index contributed by atoms with van der Waals surface area (Å²) in [6.45, 7) is 6.78. The molecule has 21 heavy (non-hydrogen) atoms. The van der Waals surface area contributed by atoms with E-state index in [9.17, 15) is 0 Å². The van der Waals surface area contributed by atoms with Crippen LogP contribution < -0.4 is 5.73 Å². The van der Waals surface area contributed by atoms with E-state index in [0.717, 1.165) is 38.0 Å². The lowest BCUT2D eigenvalue weighted by Gasteiger charge is -2.27. The molecule has 2 N–H and O–H groups in total. The lowest BCUT2D eigenvalue weighted by atomic mass is 9.86. The van der Waals surface area contributed by atoms with Crippen molar-refractivity contribution in [3.05, 3.63) is 18.0 Å². The van der Waals surface area contributed by atoms with Crippen LogP contribution in [0, 0.1) is 5.92 Å². The molecule has 0 saturated heterocycles. The molecule has 0 aromatic carbocycles. The minimum atomic E-state index is -0.0307. The molecule has 1 aliphatic carbocycles. The number of nitrogens with two attached hydrogens (primary N) is 1. The molecule has 0 aliphatic heterocycles. The van der Waals surface area contributed by atoms with Crippen molar-refractivity contribution in [1.29, 1.82) is 0 Å². The van der Waals surface area contributed by atoms with E-state index in [0.29, 0.717) is 6.04 Å². The highest BCUT2D eigenvalue weighted by Crippen LogP contribution is 2.32. The van der Waals surface area contributed by atoms with E-state index in [2.05, 4.69) is 37.7 Å². The van der Waals surface area contributed by atoms with Crippen LogP contribution >= 0.6 is 0 Å². The number of nitrogens with zero attached hydrogens (tertiary/aromatic N) is 2. The molecule has 1 aliphatic rings. The summed E-state index contributed by atoms with van der Waals surface area (Å²) in [6, 6.07) is 2.71. The Labute approximate surface area is 130 Å². The maximum Gasteiger partial charge on any atom is 0.0643 e. The molecule has 1 saturated carbocycles. The second kappa shape index (κ2) is 7.44. The lowest BCUT2D eigenvalue weighted by molar-refractivity contribution is 0.351. The molecule has 0 amide bonds. The number of aromatic nitrogens is 2. The van der Waals surface area contributed by atoms with Gasteiger partial charge in [-0.1, -0.05) is 40.0 Å². The van der Waals surface area contributed by atoms with Gasteiger partial charge in [0.2, 0.25) is 0 Å². The summed E-state index contributed by atoms with van der Waals surface area (Å²) < 4.78 is 2.14. The first-order valence-electron chi connectivity index (χ1n) is 8.93. The summed E-state index contributed by atoms with van der Waals surface area (Å²) in [7, 11) is 0. The van der Waals surface area contributed by atoms with E-state index in [1.807, 2.05) is 0 Å². The lowest BCUT2D eigenvalue weighted by Crippen LogP contribution is -2.41. The number of hydrogen-bond acceptors (Lipinski definition) is 2. The summed E-state index contributed by atoms with van der Waals surface area (Å²) in [5, 5.41) is 4.80. The van der Waals surface area contributed by atoms with Gasteiger partial charge in [-0.05, 0) is 44.1 Å². The van der Waals surface area contributed by atoms with Gasteiger partial charge < -0.3 is 5.73 Å². The largest absolute Gasteiger partial charge is 0.325 e. The smallest absolute Gasteiger partial charge is 0.0643 e. The quantitative estimate of drug-likeness (QED) is 0.786. The molecule has 3 heteroatoms. The van der Waals surface area contributed by atoms with E-state index < -0.39 is 0 Å². The van der Waals surface area contributed by atoms with E-state index in [1.54, 1.807) is 0 Å². The molecular weight excluding hydrogens is 258 g/mol. The molecule has 0 spiro atoms. The van der Waals surface area contributed by atoms with Crippen molar-refractivity contribution in [3.63, 3.8) is 0 Å². The second-order valence-electron chi connectivity index (χ2n) is 7.00. The van der Waals surface area contributed by atoms with Gasteiger partial charge in [-0.3, -0.25) is 4.68 Å². The predicted molar refractivity (Wildman–Crippen MR) is 89.3 cm³/mol. The summed E-state index contributed by atoms with van der Waals surface area (Å²) in [5.74, 6) is 0.887. The highest BCUT2D eigenvalue weighted by molar-refractivity contribution is 5.07.